The molecule has 0 aliphatic carbocycles. The van der Waals surface area contributed by atoms with Crippen molar-refractivity contribution in [2.45, 2.75) is 26.3 Å². The molecule has 6 aromatic heterocycles. The summed E-state index contributed by atoms with van der Waals surface area (Å²) in [5.41, 5.74) is 6.58. The summed E-state index contributed by atoms with van der Waals surface area (Å²) in [5.74, 6) is -0.443. The van der Waals surface area contributed by atoms with E-state index in [0.717, 1.165) is 38.1 Å². The molecule has 0 aliphatic heterocycles. The summed E-state index contributed by atoms with van der Waals surface area (Å²) in [5, 5.41) is 8.13. The Hall–Kier alpha value is -5.19. The predicted octanol–water partition coefficient (Wildman–Crippen LogP) is 7.21. The van der Waals surface area contributed by atoms with Gasteiger partial charge in [-0.25, -0.2) is 28.3 Å². The molecule has 272 valence electrons. The molecule has 8 aromatic rings. The van der Waals surface area contributed by atoms with Crippen molar-refractivity contribution in [1.82, 2.24) is 47.9 Å². The van der Waals surface area contributed by atoms with E-state index in [0.29, 0.717) is 26.9 Å². The smallest absolute Gasteiger partial charge is 0.313 e. The number of H-pyrrole nitrogens is 1. The summed E-state index contributed by atoms with van der Waals surface area (Å²) >= 11 is 12.3. The van der Waals surface area contributed by atoms with Crippen molar-refractivity contribution in [3.05, 3.63) is 150 Å². The highest BCUT2D eigenvalue weighted by atomic mass is 79.9. The summed E-state index contributed by atoms with van der Waals surface area (Å²) in [6.07, 6.45) is 13.6. The van der Waals surface area contributed by atoms with Crippen LogP contribution in [0.1, 0.15) is 22.5 Å². The number of imidazole rings is 2. The molecule has 0 radical (unpaired) electrons. The van der Waals surface area contributed by atoms with Crippen LogP contribution < -0.4 is 11.4 Å². The summed E-state index contributed by atoms with van der Waals surface area (Å²) < 4.78 is 37.2. The van der Waals surface area contributed by atoms with Gasteiger partial charge in [-0.05, 0) is 69.0 Å². The van der Waals surface area contributed by atoms with E-state index in [-0.39, 0.29) is 35.4 Å². The van der Waals surface area contributed by atoms with Gasteiger partial charge in [-0.2, -0.15) is 10.2 Å². The summed E-state index contributed by atoms with van der Waals surface area (Å²) in [6, 6.07) is 10.0. The quantitative estimate of drug-likeness (QED) is 0.183. The maximum atomic E-state index is 14.6. The monoisotopic (exact) mass is 866 g/mol. The largest absolute Gasteiger partial charge is 0.334 e. The fourth-order valence-electron chi connectivity index (χ4n) is 5.41. The number of aryl methyl sites for hydroxylation is 4. The van der Waals surface area contributed by atoms with Crippen LogP contribution in [0.15, 0.2) is 105 Å². The van der Waals surface area contributed by atoms with E-state index in [1.54, 1.807) is 58.7 Å². The van der Waals surface area contributed by atoms with Crippen LogP contribution in [0.4, 0.5) is 8.78 Å². The number of aromatic amines is 1. The van der Waals surface area contributed by atoms with Gasteiger partial charge in [-0.3, -0.25) is 22.7 Å². The van der Waals surface area contributed by atoms with Gasteiger partial charge in [0.15, 0.2) is 11.3 Å². The highest BCUT2D eigenvalue weighted by Crippen LogP contribution is 2.24. The first-order valence-corrected chi connectivity index (χ1v) is 18.0. The van der Waals surface area contributed by atoms with E-state index < -0.39 is 0 Å². The fraction of sp³-hybridized carbons (Fsp3) is 0.167. The van der Waals surface area contributed by atoms with Crippen molar-refractivity contribution < 1.29 is 8.78 Å². The number of hydrogen-bond donors (Lipinski definition) is 1. The van der Waals surface area contributed by atoms with Gasteiger partial charge in [0.2, 0.25) is 0 Å². The number of fused-ring (bicyclic) bond motifs is 2. The number of nitrogens with zero attached hydrogens (tertiary/aromatic N) is 9. The SMILES string of the molecule is Cc1cn2c(=O)[nH]cc(Br)c2n1.Cc1cn2c(=O)n(Cc3ccc(-c4cnn(C)c4)cc3F)cc(Br)c2n1.Cn1cc(-c2ccc(CCl)c(F)c2)cn1. The summed E-state index contributed by atoms with van der Waals surface area (Å²) in [7, 11) is 3.64. The lowest BCUT2D eigenvalue weighted by Gasteiger charge is -2.09. The Morgan fingerprint density at radius 1 is 0.717 bits per heavy atom. The van der Waals surface area contributed by atoms with Gasteiger partial charge in [0.1, 0.15) is 11.6 Å². The molecule has 0 fully saturated rings. The van der Waals surface area contributed by atoms with E-state index in [4.69, 9.17) is 11.6 Å². The first-order valence-electron chi connectivity index (χ1n) is 15.9. The van der Waals surface area contributed by atoms with E-state index in [1.807, 2.05) is 52.5 Å². The third-order valence-electron chi connectivity index (χ3n) is 8.01. The highest BCUT2D eigenvalue weighted by Gasteiger charge is 2.13. The van der Waals surface area contributed by atoms with Crippen LogP contribution >= 0.6 is 43.5 Å². The van der Waals surface area contributed by atoms with Crippen LogP contribution in [0.5, 0.6) is 0 Å². The van der Waals surface area contributed by atoms with Crippen LogP contribution in [0.2, 0.25) is 0 Å². The van der Waals surface area contributed by atoms with Crippen molar-refractivity contribution in [3.63, 3.8) is 0 Å². The first kappa shape index (κ1) is 37.6. The molecule has 12 nitrogen and oxygen atoms in total. The van der Waals surface area contributed by atoms with Gasteiger partial charge in [0.05, 0.1) is 45.2 Å². The number of halogens is 5. The molecule has 0 bridgehead atoms. The number of alkyl halides is 1. The molecule has 17 heteroatoms. The number of aromatic nitrogens is 10. The molecule has 0 atom stereocenters. The van der Waals surface area contributed by atoms with E-state index >= 15 is 0 Å². The lowest BCUT2D eigenvalue weighted by Crippen LogP contribution is -2.26. The third-order valence-corrected chi connectivity index (χ3v) is 9.44. The van der Waals surface area contributed by atoms with Crippen LogP contribution in [0, 0.1) is 25.5 Å². The van der Waals surface area contributed by atoms with E-state index in [9.17, 15) is 18.4 Å². The van der Waals surface area contributed by atoms with Crippen LogP contribution in [0.3, 0.4) is 0 Å². The van der Waals surface area contributed by atoms with Crippen molar-refractivity contribution >= 4 is 54.8 Å². The van der Waals surface area contributed by atoms with Gasteiger partial charge < -0.3 is 4.98 Å². The second kappa shape index (κ2) is 15.8. The topological polar surface area (TPSA) is 125 Å². The third kappa shape index (κ3) is 8.40. The fourth-order valence-corrected chi connectivity index (χ4v) is 6.55. The second-order valence-corrected chi connectivity index (χ2v) is 14.0. The molecule has 6 heterocycles. The Morgan fingerprint density at radius 2 is 1.25 bits per heavy atom. The van der Waals surface area contributed by atoms with E-state index in [1.165, 1.54) is 25.5 Å². The lowest BCUT2D eigenvalue weighted by molar-refractivity contribution is 0.592. The summed E-state index contributed by atoms with van der Waals surface area (Å²) in [4.78, 5) is 34.9. The molecule has 8 rings (SSSR count). The highest BCUT2D eigenvalue weighted by molar-refractivity contribution is 9.11. The normalized spacial score (nSPS) is 11.0. The average Bonchev–Trinajstić information content (AvgIpc) is 3.94. The first-order chi connectivity index (χ1) is 25.3. The van der Waals surface area contributed by atoms with Crippen molar-refractivity contribution in [1.29, 1.82) is 0 Å². The Balaban J connectivity index is 0.000000150. The Kier molecular flexibility index (Phi) is 11.2. The zero-order valence-electron chi connectivity index (χ0n) is 28.7. The molecule has 2 aromatic carbocycles. The maximum absolute atomic E-state index is 14.6. The Bertz CT molecular complexity index is 2710. The second-order valence-electron chi connectivity index (χ2n) is 12.0. The van der Waals surface area contributed by atoms with Gasteiger partial charge in [-0.1, -0.05) is 24.3 Å². The Labute approximate surface area is 322 Å². The van der Waals surface area contributed by atoms with Gasteiger partial charge in [0, 0.05) is 73.5 Å². The molecule has 0 spiro atoms. The van der Waals surface area contributed by atoms with Gasteiger partial charge in [0.25, 0.3) is 0 Å². The van der Waals surface area contributed by atoms with Crippen molar-refractivity contribution in [2.24, 2.45) is 14.1 Å². The van der Waals surface area contributed by atoms with Crippen LogP contribution in [-0.4, -0.2) is 47.9 Å². The molecule has 53 heavy (non-hydrogen) atoms. The standard InChI is InChI=1S/C18H15BrFN5O.C11H10ClFN2.C7H6BrN3O/c1-11-7-25-17(22-11)15(19)10-24(18(25)26)9-13-4-3-12(5-16(13)20)14-6-21-23(2)8-14;1-15-7-10(6-14-15)8-2-3-9(5-12)11(13)4-8;1-4-3-11-6(10-4)5(8)2-9-7(11)12/h3-8,10H,9H2,1-2H3;2-4,6-7H,5H2,1H3;2-3H,1H3,(H,9,12). The Morgan fingerprint density at radius 3 is 1.74 bits per heavy atom. The predicted molar refractivity (Wildman–Crippen MR) is 206 cm³/mol. The molecule has 0 unspecified atom stereocenters. The zero-order chi connectivity index (χ0) is 38.0. The molecular weight excluding hydrogens is 838 g/mol. The van der Waals surface area contributed by atoms with Crippen LogP contribution in [-0.2, 0) is 26.5 Å². The molecule has 0 saturated carbocycles. The minimum absolute atomic E-state index is 0.129. The van der Waals surface area contributed by atoms with Crippen LogP contribution in [0.25, 0.3) is 33.5 Å². The number of hydrogen-bond acceptors (Lipinski definition) is 6. The lowest BCUT2D eigenvalue weighted by atomic mass is 10.1. The number of nitrogens with one attached hydrogen (secondary N) is 1. The molecular formula is C36H31Br2ClF2N10O2. The van der Waals surface area contributed by atoms with Crippen molar-refractivity contribution in [3.8, 4) is 22.3 Å². The minimum Gasteiger partial charge on any atom is -0.313 e. The van der Waals surface area contributed by atoms with Gasteiger partial charge in [-0.15, -0.1) is 11.6 Å². The van der Waals surface area contributed by atoms with E-state index in [2.05, 4.69) is 57.0 Å². The minimum atomic E-state index is -0.365. The zero-order valence-corrected chi connectivity index (χ0v) is 32.7. The van der Waals surface area contributed by atoms with Crippen molar-refractivity contribution in [2.75, 3.05) is 0 Å². The molecule has 0 saturated heterocycles. The average molecular weight is 869 g/mol. The van der Waals surface area contributed by atoms with Gasteiger partial charge >= 0.3 is 11.4 Å². The molecule has 0 amide bonds. The summed E-state index contributed by atoms with van der Waals surface area (Å²) in [6.45, 7) is 3.79. The number of rotatable bonds is 5. The number of benzene rings is 2. The molecule has 0 aliphatic rings. The molecule has 1 N–H and O–H groups in total. The maximum Gasteiger partial charge on any atom is 0.334 e.